The van der Waals surface area contributed by atoms with Crippen LogP contribution in [0.1, 0.15) is 44.5 Å². The molecule has 0 radical (unpaired) electrons. The van der Waals surface area contributed by atoms with Crippen molar-refractivity contribution in [3.05, 3.63) is 17.5 Å². The Morgan fingerprint density at radius 2 is 2.29 bits per heavy atom. The second kappa shape index (κ2) is 5.03. The fraction of sp³-hybridized carbons (Fsp3) is 0.714. The fourth-order valence-electron chi connectivity index (χ4n) is 2.71. The molecule has 3 nitrogen and oxygen atoms in total. The van der Waals surface area contributed by atoms with Crippen LogP contribution in [0, 0.1) is 11.8 Å². The maximum absolute atomic E-state index is 11.9. The van der Waals surface area contributed by atoms with E-state index in [-0.39, 0.29) is 5.92 Å². The van der Waals surface area contributed by atoms with Crippen LogP contribution >= 0.6 is 0 Å². The zero-order valence-corrected chi connectivity index (χ0v) is 11.1. The molecule has 0 amide bonds. The van der Waals surface area contributed by atoms with Gasteiger partial charge in [0.25, 0.3) is 0 Å². The average molecular weight is 234 g/mol. The van der Waals surface area contributed by atoms with Crippen molar-refractivity contribution in [2.24, 2.45) is 18.9 Å². The zero-order chi connectivity index (χ0) is 12.4. The van der Waals surface area contributed by atoms with Gasteiger partial charge in [0.1, 0.15) is 5.78 Å². The molecule has 0 aliphatic heterocycles. The number of rotatable bonds is 3. The zero-order valence-electron chi connectivity index (χ0n) is 11.1. The maximum Gasteiger partial charge on any atom is 0.136 e. The highest BCUT2D eigenvalue weighted by Crippen LogP contribution is 2.28. The number of aromatic nitrogens is 2. The molecule has 3 heteroatoms. The van der Waals surface area contributed by atoms with Crippen LogP contribution in [0.15, 0.2) is 6.07 Å². The number of carbonyl (C=O) groups is 1. The molecule has 1 aliphatic rings. The molecule has 0 aromatic carbocycles. The highest BCUT2D eigenvalue weighted by molar-refractivity contribution is 5.81. The molecule has 2 atom stereocenters. The SMILES string of the molecule is CCc1cc(CC2CC(C)CCC2=O)n(C)n1. The molecule has 1 aliphatic carbocycles. The van der Waals surface area contributed by atoms with Crippen molar-refractivity contribution in [1.82, 2.24) is 9.78 Å². The highest BCUT2D eigenvalue weighted by atomic mass is 16.1. The molecule has 1 heterocycles. The van der Waals surface area contributed by atoms with Gasteiger partial charge in [-0.1, -0.05) is 13.8 Å². The monoisotopic (exact) mass is 234 g/mol. The van der Waals surface area contributed by atoms with E-state index >= 15 is 0 Å². The van der Waals surface area contributed by atoms with Crippen molar-refractivity contribution in [2.45, 2.75) is 46.0 Å². The molecule has 1 aromatic rings. The average Bonchev–Trinajstić information content (AvgIpc) is 2.65. The Kier molecular flexibility index (Phi) is 3.65. The van der Waals surface area contributed by atoms with Gasteiger partial charge >= 0.3 is 0 Å². The normalized spacial score (nSPS) is 25.2. The van der Waals surface area contributed by atoms with Gasteiger partial charge in [0, 0.05) is 25.1 Å². The van der Waals surface area contributed by atoms with Crippen molar-refractivity contribution in [2.75, 3.05) is 0 Å². The topological polar surface area (TPSA) is 34.9 Å². The summed E-state index contributed by atoms with van der Waals surface area (Å²) in [7, 11) is 1.98. The van der Waals surface area contributed by atoms with Crippen molar-refractivity contribution in [3.63, 3.8) is 0 Å². The summed E-state index contributed by atoms with van der Waals surface area (Å²) in [4.78, 5) is 11.9. The standard InChI is InChI=1S/C14H22N2O/c1-4-12-9-13(16(3)15-12)8-11-7-10(2)5-6-14(11)17/h9-11H,4-8H2,1-3H3. The number of nitrogens with zero attached hydrogens (tertiary/aromatic N) is 2. The van der Waals surface area contributed by atoms with E-state index in [2.05, 4.69) is 25.0 Å². The molecule has 0 N–H and O–H groups in total. The summed E-state index contributed by atoms with van der Waals surface area (Å²) in [6, 6.07) is 2.15. The van der Waals surface area contributed by atoms with Crippen LogP contribution in [0.5, 0.6) is 0 Å². The largest absolute Gasteiger partial charge is 0.299 e. The van der Waals surface area contributed by atoms with Crippen LogP contribution in [0.2, 0.25) is 0 Å². The molecule has 94 valence electrons. The van der Waals surface area contributed by atoms with E-state index in [9.17, 15) is 4.79 Å². The Morgan fingerprint density at radius 3 is 2.94 bits per heavy atom. The highest BCUT2D eigenvalue weighted by Gasteiger charge is 2.27. The second-order valence-corrected chi connectivity index (χ2v) is 5.35. The van der Waals surface area contributed by atoms with E-state index in [1.54, 1.807) is 0 Å². The lowest BCUT2D eigenvalue weighted by atomic mass is 9.79. The Balaban J connectivity index is 2.08. The minimum Gasteiger partial charge on any atom is -0.299 e. The lowest BCUT2D eigenvalue weighted by molar-refractivity contribution is -0.125. The van der Waals surface area contributed by atoms with Crippen molar-refractivity contribution in [3.8, 4) is 0 Å². The van der Waals surface area contributed by atoms with Gasteiger partial charge < -0.3 is 0 Å². The van der Waals surface area contributed by atoms with Crippen molar-refractivity contribution < 1.29 is 4.79 Å². The molecule has 17 heavy (non-hydrogen) atoms. The van der Waals surface area contributed by atoms with Crippen LogP contribution in [-0.4, -0.2) is 15.6 Å². The lowest BCUT2D eigenvalue weighted by Crippen LogP contribution is -2.26. The first kappa shape index (κ1) is 12.3. The van der Waals surface area contributed by atoms with Crippen molar-refractivity contribution in [1.29, 1.82) is 0 Å². The summed E-state index contributed by atoms with van der Waals surface area (Å²) in [5, 5.41) is 4.44. The Morgan fingerprint density at radius 1 is 1.53 bits per heavy atom. The maximum atomic E-state index is 11.9. The summed E-state index contributed by atoms with van der Waals surface area (Å²) in [6.07, 6.45) is 4.71. The van der Waals surface area contributed by atoms with Crippen LogP contribution in [-0.2, 0) is 24.7 Å². The van der Waals surface area contributed by atoms with Gasteiger partial charge in [-0.05, 0) is 37.7 Å². The van der Waals surface area contributed by atoms with E-state index in [1.165, 1.54) is 5.69 Å². The summed E-state index contributed by atoms with van der Waals surface area (Å²) in [6.45, 7) is 4.36. The quantitative estimate of drug-likeness (QED) is 0.805. The molecular formula is C14H22N2O. The number of hydrogen-bond donors (Lipinski definition) is 0. The van der Waals surface area contributed by atoms with Gasteiger partial charge in [0.05, 0.1) is 5.69 Å². The lowest BCUT2D eigenvalue weighted by Gasteiger charge is -2.25. The number of Topliss-reactive ketones (excluding diaryl/α,β-unsaturated/α-hetero) is 1. The smallest absolute Gasteiger partial charge is 0.136 e. The van der Waals surface area contributed by atoms with Crippen LogP contribution in [0.25, 0.3) is 0 Å². The van der Waals surface area contributed by atoms with Crippen LogP contribution in [0.4, 0.5) is 0 Å². The number of carbonyl (C=O) groups excluding carboxylic acids is 1. The Labute approximate surface area is 103 Å². The predicted octanol–water partition coefficient (Wildman–Crippen LogP) is 2.53. The first-order chi connectivity index (χ1) is 8.10. The third-order valence-electron chi connectivity index (χ3n) is 3.87. The van der Waals surface area contributed by atoms with E-state index in [0.717, 1.165) is 37.8 Å². The molecule has 2 rings (SSSR count). The molecule has 0 bridgehead atoms. The minimum absolute atomic E-state index is 0.221. The third kappa shape index (κ3) is 2.76. The van der Waals surface area contributed by atoms with E-state index in [4.69, 9.17) is 0 Å². The third-order valence-corrected chi connectivity index (χ3v) is 3.87. The molecule has 2 unspecified atom stereocenters. The van der Waals surface area contributed by atoms with Gasteiger partial charge in [-0.15, -0.1) is 0 Å². The Hall–Kier alpha value is -1.12. The fourth-order valence-corrected chi connectivity index (χ4v) is 2.71. The number of ketones is 1. The van der Waals surface area contributed by atoms with Gasteiger partial charge in [-0.2, -0.15) is 5.10 Å². The Bertz CT molecular complexity index is 408. The van der Waals surface area contributed by atoms with E-state index in [0.29, 0.717) is 11.7 Å². The molecular weight excluding hydrogens is 212 g/mol. The van der Waals surface area contributed by atoms with Crippen LogP contribution < -0.4 is 0 Å². The van der Waals surface area contributed by atoms with Gasteiger partial charge in [-0.25, -0.2) is 0 Å². The van der Waals surface area contributed by atoms with E-state index in [1.807, 2.05) is 11.7 Å². The summed E-state index contributed by atoms with van der Waals surface area (Å²) < 4.78 is 1.94. The second-order valence-electron chi connectivity index (χ2n) is 5.35. The van der Waals surface area contributed by atoms with Crippen molar-refractivity contribution >= 4 is 5.78 Å². The molecule has 1 saturated carbocycles. The first-order valence-electron chi connectivity index (χ1n) is 6.64. The predicted molar refractivity (Wildman–Crippen MR) is 67.8 cm³/mol. The molecule has 1 aromatic heterocycles. The van der Waals surface area contributed by atoms with E-state index < -0.39 is 0 Å². The summed E-state index contributed by atoms with van der Waals surface area (Å²) >= 11 is 0. The molecule has 1 fully saturated rings. The summed E-state index contributed by atoms with van der Waals surface area (Å²) in [5.41, 5.74) is 2.33. The van der Waals surface area contributed by atoms with Gasteiger partial charge in [0.15, 0.2) is 0 Å². The van der Waals surface area contributed by atoms with Gasteiger partial charge in [0.2, 0.25) is 0 Å². The van der Waals surface area contributed by atoms with Crippen LogP contribution in [0.3, 0.4) is 0 Å². The minimum atomic E-state index is 0.221. The number of hydrogen-bond acceptors (Lipinski definition) is 2. The van der Waals surface area contributed by atoms with Gasteiger partial charge in [-0.3, -0.25) is 9.48 Å². The number of aryl methyl sites for hydroxylation is 2. The first-order valence-corrected chi connectivity index (χ1v) is 6.64. The molecule has 0 spiro atoms. The summed E-state index contributed by atoms with van der Waals surface area (Å²) in [5.74, 6) is 1.36. The molecule has 0 saturated heterocycles.